The Bertz CT molecular complexity index is 2780. The van der Waals surface area contributed by atoms with Crippen molar-refractivity contribution in [1.82, 2.24) is 4.57 Å². The third-order valence-corrected chi connectivity index (χ3v) is 10.2. The number of para-hydroxylation sites is 3. The van der Waals surface area contributed by atoms with Crippen molar-refractivity contribution in [2.45, 2.75) is 0 Å². The lowest BCUT2D eigenvalue weighted by Gasteiger charge is -2.28. The zero-order chi connectivity index (χ0) is 33.0. The van der Waals surface area contributed by atoms with E-state index in [0.29, 0.717) is 0 Å². The van der Waals surface area contributed by atoms with Crippen LogP contribution < -0.4 is 4.90 Å². The van der Waals surface area contributed by atoms with Gasteiger partial charge >= 0.3 is 0 Å². The van der Waals surface area contributed by atoms with Crippen molar-refractivity contribution in [2.24, 2.45) is 0 Å². The fourth-order valence-corrected chi connectivity index (χ4v) is 7.94. The van der Waals surface area contributed by atoms with Crippen LogP contribution in [0.2, 0.25) is 0 Å². The number of fused-ring (bicyclic) bond motifs is 9. The Hall–Kier alpha value is -6.64. The van der Waals surface area contributed by atoms with Crippen molar-refractivity contribution in [2.75, 3.05) is 4.90 Å². The fourth-order valence-electron chi connectivity index (χ4n) is 7.94. The van der Waals surface area contributed by atoms with E-state index >= 15 is 0 Å². The van der Waals surface area contributed by atoms with Crippen LogP contribution >= 0.6 is 0 Å². The third kappa shape index (κ3) is 4.43. The number of rotatable bonds is 5. The van der Waals surface area contributed by atoms with Crippen molar-refractivity contribution in [3.8, 4) is 16.8 Å². The molecule has 10 rings (SSSR count). The van der Waals surface area contributed by atoms with Crippen molar-refractivity contribution in [3.05, 3.63) is 194 Å². The largest absolute Gasteiger partial charge is 0.310 e. The maximum absolute atomic E-state index is 2.42. The minimum Gasteiger partial charge on any atom is -0.310 e. The molecule has 0 aliphatic rings. The highest BCUT2D eigenvalue weighted by atomic mass is 15.1. The van der Waals surface area contributed by atoms with Gasteiger partial charge in [-0.15, -0.1) is 0 Å². The van der Waals surface area contributed by atoms with Crippen LogP contribution in [0, 0.1) is 0 Å². The molecule has 0 bridgehead atoms. The van der Waals surface area contributed by atoms with Gasteiger partial charge in [-0.3, -0.25) is 0 Å². The number of hydrogen-bond donors (Lipinski definition) is 0. The van der Waals surface area contributed by atoms with Crippen LogP contribution in [0.4, 0.5) is 17.1 Å². The molecule has 0 fully saturated rings. The van der Waals surface area contributed by atoms with Crippen LogP contribution in [-0.4, -0.2) is 4.57 Å². The van der Waals surface area contributed by atoms with E-state index in [1.807, 2.05) is 0 Å². The molecule has 0 N–H and O–H groups in total. The quantitative estimate of drug-likeness (QED) is 0.171. The van der Waals surface area contributed by atoms with Gasteiger partial charge in [-0.2, -0.15) is 0 Å². The average Bonchev–Trinajstić information content (AvgIpc) is 3.53. The molecule has 234 valence electrons. The standard InChI is InChI=1S/C48H32N2/c1-2-14-33(15-3-1)37-16-8-11-23-46(37)49(36-30-31-42-40-19-5-4-17-38(40)39-18-6-7-20-41(39)45(42)32-36)34-26-28-35(29-27-34)50-47-24-12-9-21-43(47)44-22-10-13-25-48(44)50/h1-32H. The highest BCUT2D eigenvalue weighted by Gasteiger charge is 2.19. The number of nitrogens with zero attached hydrogens (tertiary/aromatic N) is 2. The molecular formula is C48H32N2. The summed E-state index contributed by atoms with van der Waals surface area (Å²) in [5.41, 5.74) is 9.28. The van der Waals surface area contributed by atoms with Gasteiger partial charge in [-0.25, -0.2) is 0 Å². The van der Waals surface area contributed by atoms with E-state index in [1.54, 1.807) is 0 Å². The molecule has 0 amide bonds. The molecule has 0 aliphatic carbocycles. The molecule has 0 saturated heterocycles. The second-order valence-corrected chi connectivity index (χ2v) is 12.9. The van der Waals surface area contributed by atoms with Crippen LogP contribution in [-0.2, 0) is 0 Å². The summed E-state index contributed by atoms with van der Waals surface area (Å²) in [5.74, 6) is 0. The van der Waals surface area contributed by atoms with Crippen molar-refractivity contribution in [3.63, 3.8) is 0 Å². The van der Waals surface area contributed by atoms with E-state index in [0.717, 1.165) is 22.7 Å². The minimum atomic E-state index is 1.10. The van der Waals surface area contributed by atoms with Crippen molar-refractivity contribution >= 4 is 71.2 Å². The summed E-state index contributed by atoms with van der Waals surface area (Å²) >= 11 is 0. The lowest BCUT2D eigenvalue weighted by molar-refractivity contribution is 1.17. The van der Waals surface area contributed by atoms with E-state index in [-0.39, 0.29) is 0 Å². The monoisotopic (exact) mass is 636 g/mol. The van der Waals surface area contributed by atoms with Gasteiger partial charge in [0.25, 0.3) is 0 Å². The number of hydrogen-bond acceptors (Lipinski definition) is 1. The summed E-state index contributed by atoms with van der Waals surface area (Å²) in [7, 11) is 0. The Morgan fingerprint density at radius 3 is 1.40 bits per heavy atom. The van der Waals surface area contributed by atoms with Gasteiger partial charge in [0.2, 0.25) is 0 Å². The van der Waals surface area contributed by atoms with Gasteiger partial charge in [-0.1, -0.05) is 140 Å². The lowest BCUT2D eigenvalue weighted by Crippen LogP contribution is -2.11. The second kappa shape index (κ2) is 11.5. The molecule has 50 heavy (non-hydrogen) atoms. The lowest BCUT2D eigenvalue weighted by atomic mass is 9.93. The maximum atomic E-state index is 2.42. The normalized spacial score (nSPS) is 11.6. The fraction of sp³-hybridized carbons (Fsp3) is 0. The number of aromatic nitrogens is 1. The van der Waals surface area contributed by atoms with Crippen molar-refractivity contribution < 1.29 is 0 Å². The summed E-state index contributed by atoms with van der Waals surface area (Å²) in [6.07, 6.45) is 0. The summed E-state index contributed by atoms with van der Waals surface area (Å²) in [6.45, 7) is 0. The molecule has 9 aromatic carbocycles. The minimum absolute atomic E-state index is 1.10. The summed E-state index contributed by atoms with van der Waals surface area (Å²) < 4.78 is 2.38. The Labute approximate surface area is 290 Å². The molecule has 0 atom stereocenters. The second-order valence-electron chi connectivity index (χ2n) is 12.9. The SMILES string of the molecule is c1ccc(-c2ccccc2N(c2ccc(-n3c4ccccc4c4ccccc43)cc2)c2ccc3c4ccccc4c4ccccc4c3c2)cc1. The van der Waals surface area contributed by atoms with Crippen LogP contribution in [0.3, 0.4) is 0 Å². The molecular weight excluding hydrogens is 605 g/mol. The Morgan fingerprint density at radius 2 is 0.780 bits per heavy atom. The molecule has 2 nitrogen and oxygen atoms in total. The van der Waals surface area contributed by atoms with Gasteiger partial charge in [0.15, 0.2) is 0 Å². The molecule has 0 spiro atoms. The molecule has 2 heteroatoms. The average molecular weight is 637 g/mol. The molecule has 0 aliphatic heterocycles. The predicted octanol–water partition coefficient (Wildman–Crippen LogP) is 13.4. The van der Waals surface area contributed by atoms with E-state index in [9.17, 15) is 0 Å². The van der Waals surface area contributed by atoms with Crippen LogP contribution in [0.5, 0.6) is 0 Å². The molecule has 1 heterocycles. The first-order chi connectivity index (χ1) is 24.8. The first kappa shape index (κ1) is 28.4. The van der Waals surface area contributed by atoms with Gasteiger partial charge in [0, 0.05) is 33.4 Å². The van der Waals surface area contributed by atoms with Crippen LogP contribution in [0.25, 0.3) is 70.9 Å². The Kier molecular flexibility index (Phi) is 6.53. The zero-order valence-electron chi connectivity index (χ0n) is 27.4. The molecule has 10 aromatic rings. The predicted molar refractivity (Wildman–Crippen MR) is 213 cm³/mol. The summed E-state index contributed by atoms with van der Waals surface area (Å²) in [4.78, 5) is 2.42. The van der Waals surface area contributed by atoms with Gasteiger partial charge in [0.05, 0.1) is 16.7 Å². The van der Waals surface area contributed by atoms with Crippen LogP contribution in [0.15, 0.2) is 194 Å². The molecule has 0 unspecified atom stereocenters. The van der Waals surface area contributed by atoms with E-state index in [2.05, 4.69) is 204 Å². The smallest absolute Gasteiger partial charge is 0.0541 e. The Morgan fingerprint density at radius 1 is 0.320 bits per heavy atom. The highest BCUT2D eigenvalue weighted by Crippen LogP contribution is 2.44. The van der Waals surface area contributed by atoms with Gasteiger partial charge in [0.1, 0.15) is 0 Å². The topological polar surface area (TPSA) is 8.17 Å². The third-order valence-electron chi connectivity index (χ3n) is 10.2. The first-order valence-electron chi connectivity index (χ1n) is 17.2. The number of benzene rings is 9. The van der Waals surface area contributed by atoms with E-state index in [1.165, 1.54) is 65.3 Å². The van der Waals surface area contributed by atoms with Crippen molar-refractivity contribution in [1.29, 1.82) is 0 Å². The Balaban J connectivity index is 1.21. The molecule has 0 saturated carbocycles. The molecule has 0 radical (unpaired) electrons. The molecule has 1 aromatic heterocycles. The number of anilines is 3. The summed E-state index contributed by atoms with van der Waals surface area (Å²) in [5, 5.41) is 10.2. The highest BCUT2D eigenvalue weighted by molar-refractivity contribution is 6.25. The van der Waals surface area contributed by atoms with Gasteiger partial charge in [-0.05, 0) is 92.5 Å². The van der Waals surface area contributed by atoms with E-state index in [4.69, 9.17) is 0 Å². The summed E-state index contributed by atoms with van der Waals surface area (Å²) in [6, 6.07) is 70.4. The first-order valence-corrected chi connectivity index (χ1v) is 17.2. The van der Waals surface area contributed by atoms with Crippen LogP contribution in [0.1, 0.15) is 0 Å². The zero-order valence-corrected chi connectivity index (χ0v) is 27.4. The maximum Gasteiger partial charge on any atom is 0.0541 e. The van der Waals surface area contributed by atoms with Gasteiger partial charge < -0.3 is 9.47 Å². The van der Waals surface area contributed by atoms with E-state index < -0.39 is 0 Å².